The molecule has 166 valence electrons. The van der Waals surface area contributed by atoms with Crippen LogP contribution in [-0.4, -0.2) is 80.5 Å². The van der Waals surface area contributed by atoms with Crippen LogP contribution in [0.15, 0.2) is 18.6 Å². The lowest BCUT2D eigenvalue weighted by Crippen LogP contribution is -2.41. The van der Waals surface area contributed by atoms with Gasteiger partial charge in [0.2, 0.25) is 16.0 Å². The Balaban J connectivity index is 1.46. The Bertz CT molecular complexity index is 1170. The van der Waals surface area contributed by atoms with Gasteiger partial charge in [0, 0.05) is 43.5 Å². The first-order chi connectivity index (χ1) is 14.9. The van der Waals surface area contributed by atoms with Crippen LogP contribution in [0.4, 0.5) is 11.8 Å². The maximum Gasteiger partial charge on any atom is 0.243 e. The van der Waals surface area contributed by atoms with Gasteiger partial charge in [-0.05, 0) is 32.6 Å². The highest BCUT2D eigenvalue weighted by Gasteiger charge is 2.29. The third kappa shape index (κ3) is 3.85. The van der Waals surface area contributed by atoms with Crippen molar-refractivity contribution in [2.75, 3.05) is 36.1 Å². The van der Waals surface area contributed by atoms with Gasteiger partial charge in [0.15, 0.2) is 11.5 Å². The van der Waals surface area contributed by atoms with Gasteiger partial charge in [-0.25, -0.2) is 17.7 Å². The van der Waals surface area contributed by atoms with Crippen molar-refractivity contribution in [1.82, 2.24) is 34.1 Å². The number of fused-ring (bicyclic) bond motifs is 1. The van der Waals surface area contributed by atoms with E-state index in [1.807, 2.05) is 10.7 Å². The van der Waals surface area contributed by atoms with Gasteiger partial charge in [-0.15, -0.1) is 5.10 Å². The summed E-state index contributed by atoms with van der Waals surface area (Å²) in [7, 11) is -3.14. The van der Waals surface area contributed by atoms with Crippen LogP contribution in [0.2, 0.25) is 0 Å². The van der Waals surface area contributed by atoms with Crippen LogP contribution in [-0.2, 0) is 10.0 Å². The quantitative estimate of drug-likeness (QED) is 0.603. The fourth-order valence-corrected chi connectivity index (χ4v) is 5.38. The van der Waals surface area contributed by atoms with Crippen LogP contribution >= 0.6 is 0 Å². The molecule has 3 aromatic heterocycles. The standard InChI is InChI=1S/C19H27N9O2S/c1-13-4-3-7-27(13)18-17(14-10-21-22-11-14)20-12-16-24-19(25-28(16)18)23-15-5-8-26(9-6-15)31(2,29)30/h10-13,15H,3-9H2,1-2H3,(H,21,22)(H,23,25)/t13-/m0/s1. The SMILES string of the molecule is C[C@H]1CCCN1c1c(-c2cn[nH]c2)ncc2nc(NC3CCN(S(C)(=O)=O)CC3)nn12. The Kier molecular flexibility index (Phi) is 5.05. The zero-order chi connectivity index (χ0) is 21.6. The number of H-pyrrole nitrogens is 1. The minimum absolute atomic E-state index is 0.130. The van der Waals surface area contributed by atoms with Crippen molar-refractivity contribution in [3.63, 3.8) is 0 Å². The highest BCUT2D eigenvalue weighted by molar-refractivity contribution is 7.88. The van der Waals surface area contributed by atoms with Crippen molar-refractivity contribution in [2.24, 2.45) is 0 Å². The lowest BCUT2D eigenvalue weighted by Gasteiger charge is -2.30. The van der Waals surface area contributed by atoms with Gasteiger partial charge in [0.05, 0.1) is 18.6 Å². The van der Waals surface area contributed by atoms with E-state index >= 15 is 0 Å². The summed E-state index contributed by atoms with van der Waals surface area (Å²) in [5.41, 5.74) is 2.42. The molecular formula is C19H27N9O2S. The molecule has 2 fully saturated rings. The van der Waals surface area contributed by atoms with Crippen molar-refractivity contribution >= 4 is 27.4 Å². The number of rotatable bonds is 5. The van der Waals surface area contributed by atoms with Gasteiger partial charge in [-0.1, -0.05) is 0 Å². The Labute approximate surface area is 180 Å². The summed E-state index contributed by atoms with van der Waals surface area (Å²) in [4.78, 5) is 11.7. The number of nitrogens with zero attached hydrogens (tertiary/aromatic N) is 7. The van der Waals surface area contributed by atoms with E-state index in [9.17, 15) is 8.42 Å². The van der Waals surface area contributed by atoms with Crippen LogP contribution in [0.5, 0.6) is 0 Å². The predicted octanol–water partition coefficient (Wildman–Crippen LogP) is 1.34. The van der Waals surface area contributed by atoms with Crippen LogP contribution < -0.4 is 10.2 Å². The number of anilines is 2. The fraction of sp³-hybridized carbons (Fsp3) is 0.579. The first-order valence-corrected chi connectivity index (χ1v) is 12.5. The summed E-state index contributed by atoms with van der Waals surface area (Å²) < 4.78 is 26.9. The molecule has 0 radical (unpaired) electrons. The largest absolute Gasteiger partial charge is 0.352 e. The highest BCUT2D eigenvalue weighted by Crippen LogP contribution is 2.33. The number of nitrogens with one attached hydrogen (secondary N) is 2. The van der Waals surface area contributed by atoms with E-state index in [2.05, 4.69) is 32.3 Å². The molecule has 2 aliphatic heterocycles. The van der Waals surface area contributed by atoms with Gasteiger partial charge in [-0.2, -0.15) is 14.6 Å². The molecule has 11 nitrogen and oxygen atoms in total. The van der Waals surface area contributed by atoms with Crippen LogP contribution in [0.25, 0.3) is 16.9 Å². The third-order valence-electron chi connectivity index (χ3n) is 6.21. The molecule has 2 aliphatic rings. The lowest BCUT2D eigenvalue weighted by atomic mass is 10.1. The molecule has 2 saturated heterocycles. The minimum Gasteiger partial charge on any atom is -0.352 e. The maximum atomic E-state index is 11.7. The maximum absolute atomic E-state index is 11.7. The molecule has 0 bridgehead atoms. The smallest absolute Gasteiger partial charge is 0.243 e. The van der Waals surface area contributed by atoms with E-state index < -0.39 is 10.0 Å². The Morgan fingerprint density at radius 2 is 1.97 bits per heavy atom. The summed E-state index contributed by atoms with van der Waals surface area (Å²) in [5, 5.41) is 15.1. The molecule has 0 spiro atoms. The third-order valence-corrected chi connectivity index (χ3v) is 7.51. The number of hydrogen-bond donors (Lipinski definition) is 2. The van der Waals surface area contributed by atoms with E-state index in [1.54, 1.807) is 12.4 Å². The van der Waals surface area contributed by atoms with Crippen molar-refractivity contribution in [1.29, 1.82) is 0 Å². The molecule has 0 aliphatic carbocycles. The van der Waals surface area contributed by atoms with Crippen LogP contribution in [0.3, 0.4) is 0 Å². The Hall–Kier alpha value is -2.73. The second kappa shape index (κ2) is 7.75. The van der Waals surface area contributed by atoms with Crippen molar-refractivity contribution in [2.45, 2.75) is 44.7 Å². The predicted molar refractivity (Wildman–Crippen MR) is 117 cm³/mol. The van der Waals surface area contributed by atoms with Crippen molar-refractivity contribution in [3.05, 3.63) is 18.6 Å². The van der Waals surface area contributed by atoms with E-state index in [1.165, 1.54) is 10.6 Å². The fourth-order valence-electron chi connectivity index (χ4n) is 4.51. The summed E-state index contributed by atoms with van der Waals surface area (Å²) in [6.07, 6.45) is 10.3. The summed E-state index contributed by atoms with van der Waals surface area (Å²) >= 11 is 0. The van der Waals surface area contributed by atoms with E-state index in [-0.39, 0.29) is 6.04 Å². The molecule has 0 amide bonds. The van der Waals surface area contributed by atoms with Gasteiger partial charge in [0.1, 0.15) is 5.69 Å². The van der Waals surface area contributed by atoms with E-state index in [0.717, 1.165) is 49.3 Å². The summed E-state index contributed by atoms with van der Waals surface area (Å²) in [5.74, 6) is 1.47. The molecule has 0 aromatic carbocycles. The first kappa shape index (κ1) is 20.2. The first-order valence-electron chi connectivity index (χ1n) is 10.6. The lowest BCUT2D eigenvalue weighted by molar-refractivity contribution is 0.331. The number of aromatic nitrogens is 6. The molecule has 0 unspecified atom stereocenters. The average molecular weight is 446 g/mol. The number of aromatic amines is 1. The number of piperidine rings is 1. The molecule has 1 atom stereocenters. The normalized spacial score (nSPS) is 21.2. The molecule has 3 aromatic rings. The number of hydrogen-bond acceptors (Lipinski definition) is 8. The van der Waals surface area contributed by atoms with Gasteiger partial charge in [-0.3, -0.25) is 5.10 Å². The zero-order valence-corrected chi connectivity index (χ0v) is 18.5. The van der Waals surface area contributed by atoms with Gasteiger partial charge >= 0.3 is 0 Å². The second-order valence-electron chi connectivity index (χ2n) is 8.39. The minimum atomic E-state index is -3.14. The van der Waals surface area contributed by atoms with Crippen molar-refractivity contribution in [3.8, 4) is 11.3 Å². The molecule has 31 heavy (non-hydrogen) atoms. The second-order valence-corrected chi connectivity index (χ2v) is 10.4. The van der Waals surface area contributed by atoms with Gasteiger partial charge < -0.3 is 10.2 Å². The van der Waals surface area contributed by atoms with E-state index in [0.29, 0.717) is 30.7 Å². The van der Waals surface area contributed by atoms with E-state index in [4.69, 9.17) is 10.1 Å². The summed E-state index contributed by atoms with van der Waals surface area (Å²) in [6.45, 7) is 4.18. The molecule has 5 heterocycles. The van der Waals surface area contributed by atoms with Crippen LogP contribution in [0, 0.1) is 0 Å². The molecule has 5 rings (SSSR count). The van der Waals surface area contributed by atoms with Crippen molar-refractivity contribution < 1.29 is 8.42 Å². The monoisotopic (exact) mass is 445 g/mol. The molecule has 12 heteroatoms. The Morgan fingerprint density at radius 3 is 2.61 bits per heavy atom. The topological polar surface area (TPSA) is 124 Å². The average Bonchev–Trinajstić information content (AvgIpc) is 3.47. The Morgan fingerprint density at radius 1 is 1.16 bits per heavy atom. The van der Waals surface area contributed by atoms with Crippen LogP contribution in [0.1, 0.15) is 32.6 Å². The van der Waals surface area contributed by atoms with Gasteiger partial charge in [0.25, 0.3) is 0 Å². The summed E-state index contributed by atoms with van der Waals surface area (Å²) in [6, 6.07) is 0.518. The number of sulfonamides is 1. The molecule has 0 saturated carbocycles. The molecule has 2 N–H and O–H groups in total. The molecular weight excluding hydrogens is 418 g/mol. The highest BCUT2D eigenvalue weighted by atomic mass is 32.2. The zero-order valence-electron chi connectivity index (χ0n) is 17.7.